The van der Waals surface area contributed by atoms with Crippen LogP contribution in [0.1, 0.15) is 52.4 Å². The van der Waals surface area contributed by atoms with Gasteiger partial charge in [0.2, 0.25) is 0 Å². The molecule has 0 spiro atoms. The van der Waals surface area contributed by atoms with Gasteiger partial charge in [0.25, 0.3) is 0 Å². The molecule has 3 atom stereocenters. The van der Waals surface area contributed by atoms with E-state index in [1.807, 2.05) is 0 Å². The van der Waals surface area contributed by atoms with Crippen LogP contribution in [0.3, 0.4) is 0 Å². The maximum Gasteiger partial charge on any atom is 0.0192 e. The van der Waals surface area contributed by atoms with Crippen molar-refractivity contribution in [2.24, 2.45) is 5.92 Å². The number of hydrogen-bond donors (Lipinski definition) is 1. The Kier molecular flexibility index (Phi) is 4.66. The quantitative estimate of drug-likeness (QED) is 0.772. The highest BCUT2D eigenvalue weighted by molar-refractivity contribution is 4.84. The van der Waals surface area contributed by atoms with Gasteiger partial charge < -0.3 is 5.32 Å². The molecule has 2 aliphatic rings. The third kappa shape index (κ3) is 2.98. The zero-order valence-corrected chi connectivity index (χ0v) is 11.0. The summed E-state index contributed by atoms with van der Waals surface area (Å²) in [7, 11) is 0. The minimum Gasteiger partial charge on any atom is -0.312 e. The molecule has 3 unspecified atom stereocenters. The molecular weight excluding hydrogens is 196 g/mol. The van der Waals surface area contributed by atoms with Crippen molar-refractivity contribution in [3.05, 3.63) is 0 Å². The molecule has 2 fully saturated rings. The Hall–Kier alpha value is -0.0800. The number of hydrogen-bond acceptors (Lipinski definition) is 2. The predicted octanol–water partition coefficient (Wildman–Crippen LogP) is 2.64. The average Bonchev–Trinajstić information content (AvgIpc) is 2.96. The van der Waals surface area contributed by atoms with Crippen LogP contribution in [-0.2, 0) is 0 Å². The van der Waals surface area contributed by atoms with Crippen LogP contribution in [0.4, 0.5) is 0 Å². The van der Waals surface area contributed by atoms with Gasteiger partial charge in [-0.05, 0) is 51.6 Å². The second kappa shape index (κ2) is 6.02. The van der Waals surface area contributed by atoms with Gasteiger partial charge in [0, 0.05) is 18.6 Å². The molecule has 1 aliphatic heterocycles. The van der Waals surface area contributed by atoms with E-state index in [0.717, 1.165) is 18.0 Å². The van der Waals surface area contributed by atoms with Gasteiger partial charge in [-0.3, -0.25) is 4.90 Å². The zero-order chi connectivity index (χ0) is 11.4. The topological polar surface area (TPSA) is 15.3 Å². The Morgan fingerprint density at radius 2 is 1.94 bits per heavy atom. The van der Waals surface area contributed by atoms with Gasteiger partial charge >= 0.3 is 0 Å². The van der Waals surface area contributed by atoms with Crippen molar-refractivity contribution in [1.82, 2.24) is 10.2 Å². The molecule has 2 nitrogen and oxygen atoms in total. The van der Waals surface area contributed by atoms with Gasteiger partial charge in [-0.1, -0.05) is 19.8 Å². The first kappa shape index (κ1) is 12.4. The molecule has 0 radical (unpaired) electrons. The fourth-order valence-corrected chi connectivity index (χ4v) is 3.43. The molecule has 0 aromatic carbocycles. The summed E-state index contributed by atoms with van der Waals surface area (Å²) in [5, 5.41) is 3.82. The molecule has 1 heterocycles. The number of nitrogens with zero attached hydrogens (tertiary/aromatic N) is 1. The van der Waals surface area contributed by atoms with Gasteiger partial charge in [-0.2, -0.15) is 0 Å². The SMILES string of the molecule is CCC1CCCC1NCC(C)N1CCCC1. The first-order valence-corrected chi connectivity index (χ1v) is 7.28. The van der Waals surface area contributed by atoms with E-state index in [-0.39, 0.29) is 0 Å². The van der Waals surface area contributed by atoms with Crippen LogP contribution in [0.5, 0.6) is 0 Å². The van der Waals surface area contributed by atoms with E-state index in [9.17, 15) is 0 Å². The second-order valence-corrected chi connectivity index (χ2v) is 5.71. The van der Waals surface area contributed by atoms with E-state index in [4.69, 9.17) is 0 Å². The highest BCUT2D eigenvalue weighted by Crippen LogP contribution is 2.28. The Morgan fingerprint density at radius 3 is 2.62 bits per heavy atom. The van der Waals surface area contributed by atoms with Gasteiger partial charge in [-0.25, -0.2) is 0 Å². The number of rotatable bonds is 5. The first-order chi connectivity index (χ1) is 7.81. The van der Waals surface area contributed by atoms with Gasteiger partial charge in [0.05, 0.1) is 0 Å². The smallest absolute Gasteiger partial charge is 0.0192 e. The van der Waals surface area contributed by atoms with Gasteiger partial charge in [0.15, 0.2) is 0 Å². The molecule has 2 heteroatoms. The van der Waals surface area contributed by atoms with Crippen LogP contribution in [0.25, 0.3) is 0 Å². The largest absolute Gasteiger partial charge is 0.312 e. The summed E-state index contributed by atoms with van der Waals surface area (Å²) < 4.78 is 0. The second-order valence-electron chi connectivity index (χ2n) is 5.71. The van der Waals surface area contributed by atoms with E-state index >= 15 is 0 Å². The lowest BCUT2D eigenvalue weighted by Crippen LogP contribution is -2.43. The molecule has 94 valence electrons. The Labute approximate surface area is 101 Å². The summed E-state index contributed by atoms with van der Waals surface area (Å²) in [5.41, 5.74) is 0. The van der Waals surface area contributed by atoms with Crippen LogP contribution in [0.15, 0.2) is 0 Å². The summed E-state index contributed by atoms with van der Waals surface area (Å²) in [6.07, 6.45) is 8.47. The molecule has 1 aliphatic carbocycles. The highest BCUT2D eigenvalue weighted by Gasteiger charge is 2.26. The van der Waals surface area contributed by atoms with Crippen molar-refractivity contribution in [2.75, 3.05) is 19.6 Å². The molecule has 0 amide bonds. The summed E-state index contributed by atoms with van der Waals surface area (Å²) >= 11 is 0. The number of nitrogens with one attached hydrogen (secondary N) is 1. The van der Waals surface area contributed by atoms with Crippen molar-refractivity contribution < 1.29 is 0 Å². The zero-order valence-electron chi connectivity index (χ0n) is 11.0. The maximum atomic E-state index is 3.82. The minimum absolute atomic E-state index is 0.737. The van der Waals surface area contributed by atoms with Crippen molar-refractivity contribution in [3.63, 3.8) is 0 Å². The number of likely N-dealkylation sites (tertiary alicyclic amines) is 1. The minimum atomic E-state index is 0.737. The monoisotopic (exact) mass is 224 g/mol. The Balaban J connectivity index is 1.69. The lowest BCUT2D eigenvalue weighted by Gasteiger charge is -2.27. The summed E-state index contributed by atoms with van der Waals surface area (Å²) in [6.45, 7) is 8.57. The van der Waals surface area contributed by atoms with Crippen LogP contribution < -0.4 is 5.32 Å². The van der Waals surface area contributed by atoms with Crippen LogP contribution in [0, 0.1) is 5.92 Å². The summed E-state index contributed by atoms with van der Waals surface area (Å²) in [4.78, 5) is 2.64. The van der Waals surface area contributed by atoms with E-state index in [1.165, 1.54) is 58.2 Å². The Morgan fingerprint density at radius 1 is 1.19 bits per heavy atom. The van der Waals surface area contributed by atoms with Crippen molar-refractivity contribution >= 4 is 0 Å². The highest BCUT2D eigenvalue weighted by atomic mass is 15.2. The van der Waals surface area contributed by atoms with E-state index in [1.54, 1.807) is 0 Å². The first-order valence-electron chi connectivity index (χ1n) is 7.28. The molecular formula is C14H28N2. The lowest BCUT2D eigenvalue weighted by atomic mass is 10.0. The van der Waals surface area contributed by atoms with E-state index in [2.05, 4.69) is 24.1 Å². The van der Waals surface area contributed by atoms with Crippen molar-refractivity contribution in [2.45, 2.75) is 64.5 Å². The summed E-state index contributed by atoms with van der Waals surface area (Å²) in [6, 6.07) is 1.55. The summed E-state index contributed by atoms with van der Waals surface area (Å²) in [5.74, 6) is 0.950. The molecule has 0 aromatic rings. The van der Waals surface area contributed by atoms with E-state index in [0.29, 0.717) is 0 Å². The third-order valence-corrected chi connectivity index (χ3v) is 4.62. The van der Waals surface area contributed by atoms with Gasteiger partial charge in [-0.15, -0.1) is 0 Å². The van der Waals surface area contributed by atoms with Crippen LogP contribution in [0.2, 0.25) is 0 Å². The molecule has 1 saturated carbocycles. The molecule has 2 rings (SSSR count). The molecule has 0 aromatic heterocycles. The lowest BCUT2D eigenvalue weighted by molar-refractivity contribution is 0.238. The van der Waals surface area contributed by atoms with Crippen molar-refractivity contribution in [3.8, 4) is 0 Å². The molecule has 1 saturated heterocycles. The van der Waals surface area contributed by atoms with E-state index < -0.39 is 0 Å². The predicted molar refractivity (Wildman–Crippen MR) is 69.7 cm³/mol. The molecule has 1 N–H and O–H groups in total. The normalized spacial score (nSPS) is 33.4. The molecule has 16 heavy (non-hydrogen) atoms. The van der Waals surface area contributed by atoms with Crippen LogP contribution >= 0.6 is 0 Å². The van der Waals surface area contributed by atoms with Gasteiger partial charge in [0.1, 0.15) is 0 Å². The fraction of sp³-hybridized carbons (Fsp3) is 1.00. The maximum absolute atomic E-state index is 3.82. The third-order valence-electron chi connectivity index (χ3n) is 4.62. The van der Waals surface area contributed by atoms with Crippen molar-refractivity contribution in [1.29, 1.82) is 0 Å². The Bertz CT molecular complexity index is 199. The average molecular weight is 224 g/mol. The fourth-order valence-electron chi connectivity index (χ4n) is 3.43. The standard InChI is InChI=1S/C14H28N2/c1-3-13-7-6-8-14(13)15-11-12(2)16-9-4-5-10-16/h12-15H,3-11H2,1-2H3. The van der Waals surface area contributed by atoms with Crippen LogP contribution in [-0.4, -0.2) is 36.6 Å². The molecule has 0 bridgehead atoms.